The second-order valence-electron chi connectivity index (χ2n) is 35.3. The molecule has 7 heterocycles. The summed E-state index contributed by atoms with van der Waals surface area (Å²) in [5, 5.41) is 28.6. The summed E-state index contributed by atoms with van der Waals surface area (Å²) in [5.74, 6) is 4.26. The van der Waals surface area contributed by atoms with Gasteiger partial charge in [0.25, 0.3) is 0 Å². The monoisotopic (exact) mass is 1910 g/mol. The number of aromatic nitrogens is 4. The van der Waals surface area contributed by atoms with Gasteiger partial charge in [-0.2, -0.15) is 8.61 Å². The van der Waals surface area contributed by atoms with Crippen molar-refractivity contribution in [2.75, 3.05) is 70.3 Å². The Bertz CT molecular complexity index is 6780. The highest BCUT2D eigenvalue weighted by Gasteiger charge is 2.54. The summed E-state index contributed by atoms with van der Waals surface area (Å²) in [5.41, 5.74) is 12.5. The summed E-state index contributed by atoms with van der Waals surface area (Å²) in [6, 6.07) is 72.0. The van der Waals surface area contributed by atoms with Crippen LogP contribution in [0.4, 0.5) is 17.5 Å². The highest BCUT2D eigenvalue weighted by Crippen LogP contribution is 2.54. The minimum atomic E-state index is -3.68. The SMILES string of the molecule is CNS(=O)(=O)c1ccc(-c2cccc(NC(=O)C3(c4ccc(Cl)cc4)CCCCC3)n2)cc1.COc1ccc(C2(C(=O)Nc3cccc(-c4ccc(S(=O)(=O)N5CCC[C@@H]5CO)cc4)n3)CC2)cc1.COc1cccc(C2(C(=O)Nc3cccc(-c4ccc(S(=O)(=O)N5CCC[C@@H]5CO)cc4)n3)CC2)c1.Cc1cccc(-c2cnc(CC(=O)C3(c4ccc5c(c4)OCO5)CC3)c(C)c2C)c1.[HH].[HH].[HH].[HH].[HH].[HH]. The van der Waals surface area contributed by atoms with E-state index < -0.39 is 51.7 Å². The van der Waals surface area contributed by atoms with Gasteiger partial charge in [-0.15, -0.1) is 0 Å². The van der Waals surface area contributed by atoms with Crippen LogP contribution in [0, 0.1) is 20.8 Å². The van der Waals surface area contributed by atoms with Crippen molar-refractivity contribution in [3.05, 3.63) is 299 Å². The summed E-state index contributed by atoms with van der Waals surface area (Å²) >= 11 is 6.08. The van der Waals surface area contributed by atoms with Crippen molar-refractivity contribution in [3.63, 3.8) is 0 Å². The molecular formula is C105H121ClN10O16S3. The number of nitrogens with zero attached hydrogens (tertiary/aromatic N) is 6. The first-order valence-electron chi connectivity index (χ1n) is 45.4. The van der Waals surface area contributed by atoms with Crippen LogP contribution in [0.25, 0.3) is 44.9 Å². The van der Waals surface area contributed by atoms with Gasteiger partial charge in [0, 0.05) is 73.6 Å². The number of carbonyl (C=O) groups excluding carboxylic acids is 4. The Kier molecular flexibility index (Phi) is 28.8. The molecule has 2 atom stereocenters. The third-order valence-electron chi connectivity index (χ3n) is 27.1. The Morgan fingerprint density at radius 2 is 0.889 bits per heavy atom. The smallest absolute Gasteiger partial charge is 0.243 e. The first kappa shape index (κ1) is 95.7. The summed E-state index contributed by atoms with van der Waals surface area (Å²) in [4.78, 5) is 72.3. The van der Waals surface area contributed by atoms with Crippen LogP contribution >= 0.6 is 11.6 Å². The number of sulfonamides is 3. The summed E-state index contributed by atoms with van der Waals surface area (Å²) in [6.45, 7) is 7.00. The fraction of sp³-hybridized carbons (Fsp3) is 0.314. The third-order valence-corrected chi connectivity index (χ3v) is 32.7. The van der Waals surface area contributed by atoms with Gasteiger partial charge in [-0.05, 0) is 265 Å². The van der Waals surface area contributed by atoms with Crippen LogP contribution in [-0.4, -0.2) is 154 Å². The van der Waals surface area contributed by atoms with E-state index in [1.54, 1.807) is 93.1 Å². The number of fused-ring (bicyclic) bond motifs is 1. The lowest BCUT2D eigenvalue weighted by Gasteiger charge is -2.36. The number of aryl methyl sites for hydroxylation is 1. The highest BCUT2D eigenvalue weighted by atomic mass is 35.5. The van der Waals surface area contributed by atoms with Gasteiger partial charge in [0.2, 0.25) is 54.6 Å². The minimum absolute atomic E-state index is 0. The van der Waals surface area contributed by atoms with Gasteiger partial charge < -0.3 is 45.1 Å². The van der Waals surface area contributed by atoms with Gasteiger partial charge in [-0.3, -0.25) is 24.2 Å². The Balaban J connectivity index is 0.000000191. The van der Waals surface area contributed by atoms with Crippen LogP contribution in [0.2, 0.25) is 5.02 Å². The molecule has 7 aliphatic rings. The van der Waals surface area contributed by atoms with Crippen LogP contribution in [0.5, 0.6) is 23.0 Å². The first-order chi connectivity index (χ1) is 65.1. The number of rotatable bonds is 27. The van der Waals surface area contributed by atoms with Crippen LogP contribution < -0.4 is 39.6 Å². The normalized spacial score (nSPS) is 17.5. The molecular weight excluding hydrogens is 1790 g/mol. The number of ether oxygens (including phenoxy) is 4. The van der Waals surface area contributed by atoms with Crippen molar-refractivity contribution in [3.8, 4) is 67.9 Å². The summed E-state index contributed by atoms with van der Waals surface area (Å²) < 4.78 is 103. The van der Waals surface area contributed by atoms with Gasteiger partial charge in [0.15, 0.2) is 11.5 Å². The van der Waals surface area contributed by atoms with Gasteiger partial charge in [0.1, 0.15) is 34.7 Å². The second-order valence-corrected chi connectivity index (χ2v) is 41.4. The van der Waals surface area contributed by atoms with Crippen LogP contribution in [0.15, 0.2) is 264 Å². The lowest BCUT2D eigenvalue weighted by molar-refractivity contribution is -0.123. The molecule has 3 aliphatic heterocycles. The van der Waals surface area contributed by atoms with Gasteiger partial charge in [0.05, 0.1) is 86.6 Å². The van der Waals surface area contributed by atoms with Crippen molar-refractivity contribution >= 4 is 82.6 Å². The topological polar surface area (TPSA) is 354 Å². The van der Waals surface area contributed by atoms with Gasteiger partial charge in [-0.25, -0.2) is 44.9 Å². The van der Waals surface area contributed by atoms with Crippen LogP contribution in [0.3, 0.4) is 0 Å². The van der Waals surface area contributed by atoms with E-state index in [-0.39, 0.29) is 78.8 Å². The number of aliphatic hydroxyl groups is 2. The number of hydrogen-bond donors (Lipinski definition) is 6. The molecule has 3 amide bonds. The minimum Gasteiger partial charge on any atom is -0.497 e. The molecule has 12 aromatic rings. The lowest BCUT2D eigenvalue weighted by Crippen LogP contribution is -2.42. The zero-order valence-corrected chi connectivity index (χ0v) is 79.3. The molecule has 135 heavy (non-hydrogen) atoms. The molecule has 2 saturated heterocycles. The Hall–Kier alpha value is -12.4. The molecule has 6 fully saturated rings. The number of Topliss-reactive ketones (excluding diaryl/α,β-unsaturated/α-hetero) is 1. The van der Waals surface area contributed by atoms with Crippen molar-refractivity contribution in [2.24, 2.45) is 0 Å². The Morgan fingerprint density at radius 3 is 1.36 bits per heavy atom. The number of amides is 3. The largest absolute Gasteiger partial charge is 0.497 e. The van der Waals surface area contributed by atoms with E-state index in [1.807, 2.05) is 134 Å². The molecule has 712 valence electrons. The zero-order chi connectivity index (χ0) is 95.0. The predicted octanol–water partition coefficient (Wildman–Crippen LogP) is 19.0. The van der Waals surface area contributed by atoms with E-state index in [1.165, 1.54) is 44.5 Å². The molecule has 0 unspecified atom stereocenters. The number of hydrogen-bond acceptors (Lipinski definition) is 20. The number of halogens is 1. The number of ketones is 1. The van der Waals surface area contributed by atoms with E-state index in [0.717, 1.165) is 156 Å². The van der Waals surface area contributed by atoms with Crippen LogP contribution in [0.1, 0.15) is 150 Å². The summed E-state index contributed by atoms with van der Waals surface area (Å²) in [7, 11) is -6.27. The molecule has 19 rings (SSSR count). The number of nitrogens with one attached hydrogen (secondary N) is 4. The fourth-order valence-electron chi connectivity index (χ4n) is 18.5. The highest BCUT2D eigenvalue weighted by molar-refractivity contribution is 7.89. The maximum absolute atomic E-state index is 13.6. The average molecular weight is 1910 g/mol. The third kappa shape index (κ3) is 20.7. The second kappa shape index (κ2) is 40.6. The molecule has 4 aliphatic carbocycles. The van der Waals surface area contributed by atoms with E-state index in [4.69, 9.17) is 35.5 Å². The first-order valence-corrected chi connectivity index (χ1v) is 50.2. The number of carbonyl (C=O) groups is 4. The van der Waals surface area contributed by atoms with Crippen molar-refractivity contribution in [2.45, 2.75) is 172 Å². The van der Waals surface area contributed by atoms with E-state index >= 15 is 0 Å². The molecule has 8 aromatic carbocycles. The number of pyridine rings is 4. The van der Waals surface area contributed by atoms with Crippen molar-refractivity contribution in [1.29, 1.82) is 0 Å². The fourth-order valence-corrected chi connectivity index (χ4v) is 22.7. The lowest BCUT2D eigenvalue weighted by atomic mass is 9.68. The van der Waals surface area contributed by atoms with Crippen LogP contribution in [-0.2, 0) is 77.3 Å². The molecule has 0 radical (unpaired) electrons. The van der Waals surface area contributed by atoms with Crippen molar-refractivity contribution in [1.82, 2.24) is 33.3 Å². The molecule has 0 spiro atoms. The standard InChI is InChI=1S/2C27H29N3O5S.C26H25NO3.C25H26ClN3O3S.6H2/c1-35-22-7-2-5-20(17-22)27(14-15-27)26(32)29-25-9-3-8-24(28-25)19-10-12-23(13-11-19)36(33,34)30-16-4-6-21(30)18-31;1-35-22-11-9-20(10-12-22)27(15-16-27)26(32)29-25-6-2-5-24(28-25)19-7-13-23(14-8-19)36(33,34)30-17-3-4-21(30)18-31;1-16-5-4-6-19(11-16)21-14-27-22(18(3)17(21)2)13-25(28)26(9-10-26)20-7-8-23-24(12-20)30-15-29-23;1-27-33(31,32)21-14-8-18(9-15-21)22-6-5-7-23(28-22)29-24(30)25(16-3-2-4-17-25)19-10-12-20(26)13-11-19;;;;;;/h2-3,5,7-13,17,21,31H,4,6,14-16,18H2,1H3,(H,28,29,32);2,5-14,21,31H,3-4,15-18H2,1H3,(H,28,29,32);4-8,11-12,14H,9-10,13,15H2,1-3H3;5-15,27H,2-4,16-17H2,1H3,(H,28,29,30);6*1H/t2*21-;;;;;;;;/m11......../s1. The quantitative estimate of drug-likeness (QED) is 0.0278. The van der Waals surface area contributed by atoms with E-state index in [9.17, 15) is 54.6 Å². The molecule has 4 saturated carbocycles. The molecule has 0 bridgehead atoms. The van der Waals surface area contributed by atoms with Gasteiger partial charge in [-0.1, -0.05) is 158 Å². The Morgan fingerprint density at radius 1 is 0.452 bits per heavy atom. The predicted molar refractivity (Wildman–Crippen MR) is 532 cm³/mol. The number of methoxy groups -OCH3 is 2. The van der Waals surface area contributed by atoms with Crippen molar-refractivity contribution < 1.29 is 82.2 Å². The molecule has 6 N–H and O–H groups in total. The maximum Gasteiger partial charge on any atom is 0.243 e. The average Bonchev–Trinajstić information content (AvgIpc) is 1.58. The molecule has 4 aromatic heterocycles. The Labute approximate surface area is 801 Å². The molecule has 26 nitrogen and oxygen atoms in total. The van der Waals surface area contributed by atoms with E-state index in [0.29, 0.717) is 77.7 Å². The van der Waals surface area contributed by atoms with Gasteiger partial charge >= 0.3 is 0 Å². The molecule has 30 heteroatoms. The number of benzene rings is 8. The zero-order valence-electron chi connectivity index (χ0n) is 76.1. The van der Waals surface area contributed by atoms with E-state index in [2.05, 4.69) is 80.7 Å². The summed E-state index contributed by atoms with van der Waals surface area (Å²) in [6.07, 6.45) is 14.6. The number of anilines is 3. The number of aliphatic hydroxyl groups excluding tert-OH is 2. The maximum atomic E-state index is 13.6.